The van der Waals surface area contributed by atoms with Gasteiger partial charge in [-0.15, -0.1) is 0 Å². The highest BCUT2D eigenvalue weighted by molar-refractivity contribution is 6.00. The highest BCUT2D eigenvalue weighted by Gasteiger charge is 2.55. The van der Waals surface area contributed by atoms with Crippen LogP contribution in [0.25, 0.3) is 11.1 Å². The van der Waals surface area contributed by atoms with Gasteiger partial charge in [-0.05, 0) is 44.9 Å². The summed E-state index contributed by atoms with van der Waals surface area (Å²) in [5.74, 6) is -0.240. The molecule has 4 rings (SSSR count). The molecule has 0 amide bonds. The van der Waals surface area contributed by atoms with E-state index in [-0.39, 0.29) is 16.7 Å². The van der Waals surface area contributed by atoms with E-state index in [1.807, 2.05) is 13.0 Å². The van der Waals surface area contributed by atoms with Crippen molar-refractivity contribution in [3.8, 4) is 11.1 Å². The van der Waals surface area contributed by atoms with Crippen molar-refractivity contribution in [2.45, 2.75) is 37.7 Å². The monoisotopic (exact) mass is 341 g/mol. The summed E-state index contributed by atoms with van der Waals surface area (Å²) in [5, 5.41) is 13.4. The molecule has 0 bridgehead atoms. The van der Waals surface area contributed by atoms with Gasteiger partial charge in [-0.25, -0.2) is 9.37 Å². The molecule has 4 N–H and O–H groups in total. The van der Waals surface area contributed by atoms with Crippen molar-refractivity contribution in [1.82, 2.24) is 4.98 Å². The molecule has 2 aliphatic rings. The third-order valence-electron chi connectivity index (χ3n) is 5.33. The number of anilines is 2. The number of carbonyl (C=O) groups is 1. The van der Waals surface area contributed by atoms with Crippen LogP contribution in [0.5, 0.6) is 0 Å². The molecule has 1 fully saturated rings. The van der Waals surface area contributed by atoms with Crippen molar-refractivity contribution in [1.29, 1.82) is 0 Å². The molecule has 1 saturated carbocycles. The first-order valence-electron chi connectivity index (χ1n) is 8.29. The van der Waals surface area contributed by atoms with Crippen LogP contribution in [0.4, 0.5) is 15.9 Å². The van der Waals surface area contributed by atoms with E-state index in [1.54, 1.807) is 18.3 Å². The number of hydrogen-bond donors (Lipinski definition) is 3. The van der Waals surface area contributed by atoms with Crippen LogP contribution in [0.2, 0.25) is 0 Å². The number of nitrogens with two attached hydrogens (primary N) is 1. The number of ketones is 1. The Kier molecular flexibility index (Phi) is 3.22. The van der Waals surface area contributed by atoms with Gasteiger partial charge in [-0.3, -0.25) is 4.79 Å². The largest absolute Gasteiger partial charge is 0.398 e. The Labute approximate surface area is 145 Å². The van der Waals surface area contributed by atoms with Crippen LogP contribution in [-0.2, 0) is 5.41 Å². The summed E-state index contributed by atoms with van der Waals surface area (Å²) in [7, 11) is 0. The van der Waals surface area contributed by atoms with E-state index in [2.05, 4.69) is 10.3 Å². The van der Waals surface area contributed by atoms with E-state index >= 15 is 0 Å². The van der Waals surface area contributed by atoms with Gasteiger partial charge in [0, 0.05) is 40.5 Å². The van der Waals surface area contributed by atoms with Gasteiger partial charge < -0.3 is 16.2 Å². The minimum Gasteiger partial charge on any atom is -0.398 e. The molecular weight excluding hydrogens is 321 g/mol. The standard InChI is InChI=1S/C19H20FN3O2/c1-10(24)15-14(21)4-3-12(16(15)20)11-5-13-17(22-6-11)23-9-19(13)7-18(2,25)8-19/h3-6,25H,7-9,21H2,1-2H3,(H,22,23). The van der Waals surface area contributed by atoms with Crippen LogP contribution in [0, 0.1) is 5.82 Å². The number of rotatable bonds is 2. The third-order valence-corrected chi connectivity index (χ3v) is 5.33. The zero-order chi connectivity index (χ0) is 18.0. The molecule has 2 heterocycles. The molecule has 1 aromatic carbocycles. The number of nitrogen functional groups attached to an aromatic ring is 1. The molecule has 0 radical (unpaired) electrons. The van der Waals surface area contributed by atoms with Gasteiger partial charge in [0.05, 0.1) is 11.2 Å². The fourth-order valence-electron chi connectivity index (χ4n) is 4.40. The highest BCUT2D eigenvalue weighted by Crippen LogP contribution is 2.55. The number of aliphatic hydroxyl groups is 1. The van der Waals surface area contributed by atoms with Gasteiger partial charge in [0.25, 0.3) is 0 Å². The summed E-state index contributed by atoms with van der Waals surface area (Å²) < 4.78 is 14.8. The van der Waals surface area contributed by atoms with E-state index in [9.17, 15) is 14.3 Å². The van der Waals surface area contributed by atoms with Gasteiger partial charge >= 0.3 is 0 Å². The molecule has 0 unspecified atom stereocenters. The van der Waals surface area contributed by atoms with Crippen LogP contribution < -0.4 is 11.1 Å². The second-order valence-electron chi connectivity index (χ2n) is 7.55. The predicted octanol–water partition coefficient (Wildman–Crippen LogP) is 2.88. The van der Waals surface area contributed by atoms with Gasteiger partial charge in [0.15, 0.2) is 5.78 Å². The molecular formula is C19H20FN3O2. The first-order valence-corrected chi connectivity index (χ1v) is 8.29. The zero-order valence-corrected chi connectivity index (χ0v) is 14.2. The minimum atomic E-state index is -0.673. The first kappa shape index (κ1) is 16.0. The molecule has 1 aliphatic carbocycles. The quantitative estimate of drug-likeness (QED) is 0.577. The lowest BCUT2D eigenvalue weighted by atomic mass is 9.58. The highest BCUT2D eigenvalue weighted by atomic mass is 19.1. The smallest absolute Gasteiger partial charge is 0.164 e. The third kappa shape index (κ3) is 2.32. The summed E-state index contributed by atoms with van der Waals surface area (Å²) in [4.78, 5) is 16.1. The number of halogens is 1. The van der Waals surface area contributed by atoms with Crippen molar-refractivity contribution >= 4 is 17.3 Å². The van der Waals surface area contributed by atoms with Crippen LogP contribution in [-0.4, -0.2) is 28.0 Å². The normalized spacial score (nSPS) is 26.9. The second kappa shape index (κ2) is 5.02. The number of pyridine rings is 1. The van der Waals surface area contributed by atoms with Crippen LogP contribution in [0.1, 0.15) is 42.6 Å². The molecule has 1 aromatic heterocycles. The lowest BCUT2D eigenvalue weighted by Gasteiger charge is -2.49. The second-order valence-corrected chi connectivity index (χ2v) is 7.55. The maximum atomic E-state index is 14.8. The lowest BCUT2D eigenvalue weighted by molar-refractivity contribution is -0.0686. The Morgan fingerprint density at radius 1 is 1.40 bits per heavy atom. The summed E-state index contributed by atoms with van der Waals surface area (Å²) in [5.41, 5.74) is 6.88. The molecule has 6 heteroatoms. The number of hydrogen-bond acceptors (Lipinski definition) is 5. The van der Waals surface area contributed by atoms with Gasteiger partial charge in [0.1, 0.15) is 11.6 Å². The molecule has 1 aliphatic heterocycles. The fraction of sp³-hybridized carbons (Fsp3) is 0.368. The van der Waals surface area contributed by atoms with E-state index < -0.39 is 17.2 Å². The summed E-state index contributed by atoms with van der Waals surface area (Å²) in [6.45, 7) is 3.85. The van der Waals surface area contributed by atoms with Crippen molar-refractivity contribution < 1.29 is 14.3 Å². The number of Topliss-reactive ketones (excluding diaryl/α,β-unsaturated/α-hetero) is 1. The molecule has 1 spiro atoms. The maximum Gasteiger partial charge on any atom is 0.164 e. The van der Waals surface area contributed by atoms with E-state index in [4.69, 9.17) is 5.73 Å². The molecule has 2 aromatic rings. The summed E-state index contributed by atoms with van der Waals surface area (Å²) >= 11 is 0. The number of nitrogens with zero attached hydrogens (tertiary/aromatic N) is 1. The predicted molar refractivity (Wildman–Crippen MR) is 94.1 cm³/mol. The Morgan fingerprint density at radius 2 is 2.12 bits per heavy atom. The number of nitrogens with one attached hydrogen (secondary N) is 1. The van der Waals surface area contributed by atoms with Crippen molar-refractivity contribution in [3.63, 3.8) is 0 Å². The Bertz CT molecular complexity index is 900. The van der Waals surface area contributed by atoms with E-state index in [0.29, 0.717) is 24.0 Å². The van der Waals surface area contributed by atoms with Gasteiger partial charge in [-0.2, -0.15) is 0 Å². The average molecular weight is 341 g/mol. The SMILES string of the molecule is CC(=O)c1c(N)ccc(-c2cnc3c(c2)C2(CN3)CC(C)(O)C2)c1F. The lowest BCUT2D eigenvalue weighted by Crippen LogP contribution is -2.53. The Balaban J connectivity index is 1.81. The van der Waals surface area contributed by atoms with Crippen molar-refractivity contribution in [2.75, 3.05) is 17.6 Å². The summed E-state index contributed by atoms with van der Waals surface area (Å²) in [6.07, 6.45) is 2.89. The zero-order valence-electron chi connectivity index (χ0n) is 14.2. The minimum absolute atomic E-state index is 0.0857. The Morgan fingerprint density at radius 3 is 2.76 bits per heavy atom. The molecule has 25 heavy (non-hydrogen) atoms. The van der Waals surface area contributed by atoms with Gasteiger partial charge in [-0.1, -0.05) is 0 Å². The van der Waals surface area contributed by atoms with E-state index in [0.717, 1.165) is 17.9 Å². The summed E-state index contributed by atoms with van der Waals surface area (Å²) in [6, 6.07) is 5.03. The maximum absolute atomic E-state index is 14.8. The van der Waals surface area contributed by atoms with Crippen LogP contribution in [0.15, 0.2) is 24.4 Å². The van der Waals surface area contributed by atoms with Crippen molar-refractivity contribution in [3.05, 3.63) is 41.3 Å². The Hall–Kier alpha value is -2.47. The first-order chi connectivity index (χ1) is 11.7. The number of fused-ring (bicyclic) bond motifs is 2. The van der Waals surface area contributed by atoms with Crippen LogP contribution >= 0.6 is 0 Å². The number of carbonyl (C=O) groups excluding carboxylic acids is 1. The topological polar surface area (TPSA) is 88.2 Å². The molecule has 0 atom stereocenters. The van der Waals surface area contributed by atoms with Crippen molar-refractivity contribution in [2.24, 2.45) is 0 Å². The molecule has 130 valence electrons. The molecule has 5 nitrogen and oxygen atoms in total. The molecule has 0 saturated heterocycles. The fourth-order valence-corrected chi connectivity index (χ4v) is 4.40. The van der Waals surface area contributed by atoms with E-state index in [1.165, 1.54) is 6.92 Å². The number of benzene rings is 1. The van der Waals surface area contributed by atoms with Gasteiger partial charge in [0.2, 0.25) is 0 Å². The number of aromatic nitrogens is 1. The van der Waals surface area contributed by atoms with Crippen LogP contribution in [0.3, 0.4) is 0 Å². The average Bonchev–Trinajstić information content (AvgIpc) is 2.84.